The molecule has 8 heteroatoms. The van der Waals surface area contributed by atoms with Gasteiger partial charge in [0.1, 0.15) is 0 Å². The molecule has 2 heterocycles. The fraction of sp³-hybridized carbons (Fsp3) is 0.353. The van der Waals surface area contributed by atoms with Crippen molar-refractivity contribution in [3.8, 4) is 5.88 Å². The molecule has 1 fully saturated rings. The van der Waals surface area contributed by atoms with E-state index in [-0.39, 0.29) is 11.5 Å². The number of anilines is 3. The van der Waals surface area contributed by atoms with Gasteiger partial charge in [0, 0.05) is 43.1 Å². The predicted molar refractivity (Wildman–Crippen MR) is 96.5 cm³/mol. The second kappa shape index (κ2) is 7.35. The summed E-state index contributed by atoms with van der Waals surface area (Å²) >= 11 is 0. The van der Waals surface area contributed by atoms with E-state index in [9.17, 15) is 10.1 Å². The number of rotatable bonds is 6. The number of methoxy groups -OCH3 is 1. The van der Waals surface area contributed by atoms with E-state index in [1.807, 2.05) is 18.2 Å². The Hall–Kier alpha value is -2.87. The summed E-state index contributed by atoms with van der Waals surface area (Å²) in [6.45, 7) is 2.46. The van der Waals surface area contributed by atoms with Crippen molar-refractivity contribution >= 4 is 22.9 Å². The Balaban J connectivity index is 1.91. The van der Waals surface area contributed by atoms with Gasteiger partial charge >= 0.3 is 5.69 Å². The van der Waals surface area contributed by atoms with E-state index in [2.05, 4.69) is 15.2 Å². The smallest absolute Gasteiger partial charge is 0.311 e. The Morgan fingerprint density at radius 2 is 2.08 bits per heavy atom. The van der Waals surface area contributed by atoms with E-state index in [4.69, 9.17) is 10.5 Å². The molecule has 0 unspecified atom stereocenters. The Morgan fingerprint density at radius 3 is 2.72 bits per heavy atom. The van der Waals surface area contributed by atoms with Crippen molar-refractivity contribution in [3.63, 3.8) is 0 Å². The third-order valence-corrected chi connectivity index (χ3v) is 4.26. The average Bonchev–Trinajstić information content (AvgIpc) is 3.15. The molecule has 0 bridgehead atoms. The number of nitrogens with one attached hydrogen (secondary N) is 1. The van der Waals surface area contributed by atoms with Crippen molar-refractivity contribution in [3.05, 3.63) is 46.0 Å². The van der Waals surface area contributed by atoms with Crippen LogP contribution in [0.3, 0.4) is 0 Å². The van der Waals surface area contributed by atoms with Crippen LogP contribution in [-0.2, 0) is 6.54 Å². The normalized spacial score (nSPS) is 13.8. The number of aromatic nitrogens is 1. The van der Waals surface area contributed by atoms with Crippen molar-refractivity contribution in [2.75, 3.05) is 30.4 Å². The number of nitrogens with zero attached hydrogens (tertiary/aromatic N) is 3. The second-order valence-corrected chi connectivity index (χ2v) is 5.85. The third kappa shape index (κ3) is 3.63. The van der Waals surface area contributed by atoms with Crippen LogP contribution in [0.5, 0.6) is 5.88 Å². The molecule has 132 valence electrons. The first-order chi connectivity index (χ1) is 12.1. The second-order valence-electron chi connectivity index (χ2n) is 5.85. The van der Waals surface area contributed by atoms with Crippen molar-refractivity contribution in [1.29, 1.82) is 0 Å². The lowest BCUT2D eigenvalue weighted by molar-refractivity contribution is -0.384. The van der Waals surface area contributed by atoms with Crippen molar-refractivity contribution in [2.45, 2.75) is 19.4 Å². The van der Waals surface area contributed by atoms with Crippen LogP contribution in [0.4, 0.5) is 22.9 Å². The van der Waals surface area contributed by atoms with Gasteiger partial charge in [-0.3, -0.25) is 10.1 Å². The molecule has 0 amide bonds. The van der Waals surface area contributed by atoms with E-state index in [0.717, 1.165) is 24.3 Å². The number of pyridine rings is 1. The van der Waals surface area contributed by atoms with Gasteiger partial charge in [-0.25, -0.2) is 0 Å². The highest BCUT2D eigenvalue weighted by molar-refractivity contribution is 5.69. The Bertz CT molecular complexity index is 775. The number of nitro groups is 1. The molecular formula is C17H21N5O3. The Kier molecular flexibility index (Phi) is 4.99. The van der Waals surface area contributed by atoms with Crippen LogP contribution in [0.1, 0.15) is 18.4 Å². The van der Waals surface area contributed by atoms with E-state index >= 15 is 0 Å². The molecule has 2 aromatic rings. The summed E-state index contributed by atoms with van der Waals surface area (Å²) in [5.41, 5.74) is 8.62. The summed E-state index contributed by atoms with van der Waals surface area (Å²) in [4.78, 5) is 17.2. The van der Waals surface area contributed by atoms with Crippen LogP contribution >= 0.6 is 0 Å². The van der Waals surface area contributed by atoms with Crippen LogP contribution in [-0.4, -0.2) is 30.1 Å². The molecule has 0 radical (unpaired) electrons. The van der Waals surface area contributed by atoms with Gasteiger partial charge in [0.2, 0.25) is 11.7 Å². The summed E-state index contributed by atoms with van der Waals surface area (Å²) in [7, 11) is 1.47. The van der Waals surface area contributed by atoms with E-state index in [1.165, 1.54) is 32.1 Å². The Morgan fingerprint density at radius 1 is 1.32 bits per heavy atom. The Labute approximate surface area is 145 Å². The van der Waals surface area contributed by atoms with Gasteiger partial charge in [-0.1, -0.05) is 0 Å². The highest BCUT2D eigenvalue weighted by atomic mass is 16.6. The van der Waals surface area contributed by atoms with Gasteiger partial charge in [-0.15, -0.1) is 0 Å². The van der Waals surface area contributed by atoms with Gasteiger partial charge < -0.3 is 20.7 Å². The predicted octanol–water partition coefficient (Wildman–Crippen LogP) is 2.80. The summed E-state index contributed by atoms with van der Waals surface area (Å²) in [5, 5.41) is 14.2. The minimum absolute atomic E-state index is 0.112. The maximum Gasteiger partial charge on any atom is 0.311 e. The van der Waals surface area contributed by atoms with Crippen LogP contribution in [0.15, 0.2) is 30.3 Å². The van der Waals surface area contributed by atoms with Crippen LogP contribution in [0.2, 0.25) is 0 Å². The molecule has 25 heavy (non-hydrogen) atoms. The molecule has 0 atom stereocenters. The molecule has 1 aliphatic rings. The number of ether oxygens (including phenoxy) is 1. The first-order valence-corrected chi connectivity index (χ1v) is 8.16. The molecule has 0 saturated carbocycles. The number of nitrogens with two attached hydrogens (primary N) is 1. The van der Waals surface area contributed by atoms with Gasteiger partial charge in [0.15, 0.2) is 0 Å². The molecule has 0 aliphatic carbocycles. The molecule has 1 aromatic heterocycles. The topological polar surface area (TPSA) is 107 Å². The van der Waals surface area contributed by atoms with Crippen LogP contribution < -0.4 is 20.7 Å². The molecule has 0 spiro atoms. The zero-order chi connectivity index (χ0) is 17.8. The van der Waals surface area contributed by atoms with Crippen molar-refractivity contribution < 1.29 is 9.66 Å². The van der Waals surface area contributed by atoms with E-state index in [0.29, 0.717) is 18.1 Å². The standard InChI is InChI=1S/C17H21N5O3/c1-25-16-7-6-15(22(23)24)17(20-16)19-13-4-5-14(12(10-13)11-18)21-8-2-3-9-21/h4-7,10H,2-3,8-9,11,18H2,1H3,(H,19,20). The zero-order valence-electron chi connectivity index (χ0n) is 14.1. The van der Waals surface area contributed by atoms with Gasteiger partial charge in [-0.2, -0.15) is 4.98 Å². The molecule has 1 saturated heterocycles. The summed E-state index contributed by atoms with van der Waals surface area (Å²) in [6.07, 6.45) is 2.37. The fourth-order valence-corrected chi connectivity index (χ4v) is 3.02. The summed E-state index contributed by atoms with van der Waals surface area (Å²) < 4.78 is 5.06. The summed E-state index contributed by atoms with van der Waals surface area (Å²) in [5.74, 6) is 0.446. The minimum Gasteiger partial charge on any atom is -0.481 e. The highest BCUT2D eigenvalue weighted by Crippen LogP contribution is 2.31. The molecular weight excluding hydrogens is 322 g/mol. The van der Waals surface area contributed by atoms with Crippen LogP contribution in [0, 0.1) is 10.1 Å². The average molecular weight is 343 g/mol. The third-order valence-electron chi connectivity index (χ3n) is 4.26. The molecule has 1 aliphatic heterocycles. The SMILES string of the molecule is COc1ccc([N+](=O)[O-])c(Nc2ccc(N3CCCC3)c(CN)c2)n1. The number of hydrogen-bond donors (Lipinski definition) is 2. The maximum absolute atomic E-state index is 11.2. The summed E-state index contributed by atoms with van der Waals surface area (Å²) in [6, 6.07) is 8.64. The fourth-order valence-electron chi connectivity index (χ4n) is 3.02. The monoisotopic (exact) mass is 343 g/mol. The highest BCUT2D eigenvalue weighted by Gasteiger charge is 2.19. The lowest BCUT2D eigenvalue weighted by Gasteiger charge is -2.21. The quantitative estimate of drug-likeness (QED) is 0.613. The van der Waals surface area contributed by atoms with Gasteiger partial charge in [-0.05, 0) is 36.6 Å². The maximum atomic E-state index is 11.2. The molecule has 1 aromatic carbocycles. The first kappa shape index (κ1) is 17.0. The number of hydrogen-bond acceptors (Lipinski definition) is 7. The van der Waals surface area contributed by atoms with E-state index in [1.54, 1.807) is 0 Å². The van der Waals surface area contributed by atoms with Crippen LogP contribution in [0.25, 0.3) is 0 Å². The lowest BCUT2D eigenvalue weighted by atomic mass is 10.1. The first-order valence-electron chi connectivity index (χ1n) is 8.16. The lowest BCUT2D eigenvalue weighted by Crippen LogP contribution is -2.20. The molecule has 3 N–H and O–H groups in total. The number of benzene rings is 1. The minimum atomic E-state index is -0.475. The van der Waals surface area contributed by atoms with Gasteiger partial charge in [0.25, 0.3) is 0 Å². The van der Waals surface area contributed by atoms with Crippen molar-refractivity contribution in [2.24, 2.45) is 5.73 Å². The van der Waals surface area contributed by atoms with E-state index < -0.39 is 4.92 Å². The largest absolute Gasteiger partial charge is 0.481 e. The van der Waals surface area contributed by atoms with Crippen molar-refractivity contribution in [1.82, 2.24) is 4.98 Å². The molecule has 3 rings (SSSR count). The van der Waals surface area contributed by atoms with Gasteiger partial charge in [0.05, 0.1) is 12.0 Å². The molecule has 8 nitrogen and oxygen atoms in total. The zero-order valence-corrected chi connectivity index (χ0v) is 14.1.